The van der Waals surface area contributed by atoms with Crippen molar-refractivity contribution in [1.82, 2.24) is 24.9 Å². The molecule has 2 heterocycles. The van der Waals surface area contributed by atoms with E-state index in [2.05, 4.69) is 15.7 Å². The Morgan fingerprint density at radius 2 is 1.67 bits per heavy atom. The van der Waals surface area contributed by atoms with Crippen molar-refractivity contribution in [3.8, 4) is 16.9 Å². The molecule has 0 saturated heterocycles. The number of anilines is 1. The van der Waals surface area contributed by atoms with Crippen LogP contribution in [0.5, 0.6) is 0 Å². The average molecular weight is 517 g/mol. The quantitative estimate of drug-likeness (QED) is 0.257. The second-order valence-corrected chi connectivity index (χ2v) is 8.87. The van der Waals surface area contributed by atoms with E-state index in [9.17, 15) is 4.39 Å². The van der Waals surface area contributed by atoms with Crippen LogP contribution in [0.4, 0.5) is 10.2 Å². The molecule has 180 valence electrons. The molecule has 0 unspecified atom stereocenters. The molecule has 0 spiro atoms. The van der Waals surface area contributed by atoms with Gasteiger partial charge in [0.15, 0.2) is 10.9 Å². The van der Waals surface area contributed by atoms with Crippen LogP contribution in [0.1, 0.15) is 11.1 Å². The Balaban J connectivity index is 1.27. The molecular formula is C27H22ClFN6S. The highest BCUT2D eigenvalue weighted by Crippen LogP contribution is 2.24. The molecule has 2 N–H and O–H groups in total. The molecule has 0 bridgehead atoms. The van der Waals surface area contributed by atoms with Crippen molar-refractivity contribution in [2.75, 3.05) is 5.32 Å². The molecule has 36 heavy (non-hydrogen) atoms. The molecule has 2 aromatic heterocycles. The SMILES string of the molecule is Fc1cccc(Cl)c1Cn1ccc(NC(=S)NCc2cn(-c3ccccc3)nc2-c2ccccc2)n1. The van der Waals surface area contributed by atoms with Gasteiger partial charge in [0.25, 0.3) is 0 Å². The summed E-state index contributed by atoms with van der Waals surface area (Å²) in [5.41, 5.74) is 4.25. The van der Waals surface area contributed by atoms with E-state index in [1.165, 1.54) is 6.07 Å². The first-order valence-corrected chi connectivity index (χ1v) is 12.1. The van der Waals surface area contributed by atoms with Gasteiger partial charge in [-0.05, 0) is 36.5 Å². The van der Waals surface area contributed by atoms with Crippen LogP contribution in [0.3, 0.4) is 0 Å². The second kappa shape index (κ2) is 10.7. The summed E-state index contributed by atoms with van der Waals surface area (Å²) < 4.78 is 17.6. The Morgan fingerprint density at radius 3 is 2.42 bits per heavy atom. The highest BCUT2D eigenvalue weighted by atomic mass is 35.5. The molecule has 0 amide bonds. The number of aromatic nitrogens is 4. The second-order valence-electron chi connectivity index (χ2n) is 8.06. The number of nitrogens with zero attached hydrogens (tertiary/aromatic N) is 4. The van der Waals surface area contributed by atoms with Crippen molar-refractivity contribution >= 4 is 34.7 Å². The summed E-state index contributed by atoms with van der Waals surface area (Å²) in [6.45, 7) is 0.681. The molecule has 3 aromatic carbocycles. The Bertz CT molecular complexity index is 1460. The first kappa shape index (κ1) is 23.7. The fourth-order valence-corrected chi connectivity index (χ4v) is 4.19. The van der Waals surface area contributed by atoms with Gasteiger partial charge in [-0.15, -0.1) is 0 Å². The summed E-state index contributed by atoms with van der Waals surface area (Å²) >= 11 is 11.6. The third kappa shape index (κ3) is 5.45. The molecule has 0 radical (unpaired) electrons. The highest BCUT2D eigenvalue weighted by molar-refractivity contribution is 7.80. The van der Waals surface area contributed by atoms with Crippen molar-refractivity contribution in [2.24, 2.45) is 0 Å². The van der Waals surface area contributed by atoms with Crippen LogP contribution in [-0.4, -0.2) is 24.7 Å². The Hall–Kier alpha value is -4.01. The maximum Gasteiger partial charge on any atom is 0.172 e. The topological polar surface area (TPSA) is 59.7 Å². The van der Waals surface area contributed by atoms with Gasteiger partial charge in [-0.1, -0.05) is 66.2 Å². The number of rotatable bonds is 7. The zero-order valence-electron chi connectivity index (χ0n) is 19.1. The summed E-state index contributed by atoms with van der Waals surface area (Å²) in [6, 6.07) is 26.4. The third-order valence-corrected chi connectivity index (χ3v) is 6.16. The third-order valence-electron chi connectivity index (χ3n) is 5.56. The lowest BCUT2D eigenvalue weighted by molar-refractivity contribution is 0.586. The lowest BCUT2D eigenvalue weighted by Gasteiger charge is -2.09. The molecule has 0 fully saturated rings. The summed E-state index contributed by atoms with van der Waals surface area (Å²) in [6.07, 6.45) is 3.74. The van der Waals surface area contributed by atoms with Gasteiger partial charge in [0.2, 0.25) is 0 Å². The standard InChI is InChI=1S/C27H22ClFN6S/c28-23-12-7-13-24(29)22(23)18-34-15-14-25(32-34)31-27(36)30-16-20-17-35(21-10-5-2-6-11-21)33-26(20)19-8-3-1-4-9-19/h1-15,17H,16,18H2,(H2,30,31,32,36). The van der Waals surface area contributed by atoms with Crippen LogP contribution in [0.2, 0.25) is 5.02 Å². The van der Waals surface area contributed by atoms with Crippen molar-refractivity contribution < 1.29 is 4.39 Å². The van der Waals surface area contributed by atoms with E-state index in [0.29, 0.717) is 28.1 Å². The maximum absolute atomic E-state index is 14.1. The van der Waals surface area contributed by atoms with E-state index in [1.807, 2.05) is 71.5 Å². The fraction of sp³-hybridized carbons (Fsp3) is 0.0741. The van der Waals surface area contributed by atoms with Gasteiger partial charge in [-0.25, -0.2) is 9.07 Å². The molecule has 5 rings (SSSR count). The number of nitrogens with one attached hydrogen (secondary N) is 2. The van der Waals surface area contributed by atoms with Crippen molar-refractivity contribution in [3.05, 3.63) is 119 Å². The first-order valence-electron chi connectivity index (χ1n) is 11.3. The average Bonchev–Trinajstić information content (AvgIpc) is 3.53. The van der Waals surface area contributed by atoms with Gasteiger partial charge >= 0.3 is 0 Å². The minimum atomic E-state index is -0.366. The van der Waals surface area contributed by atoms with Gasteiger partial charge in [0, 0.05) is 46.7 Å². The molecule has 0 aliphatic heterocycles. The predicted octanol–water partition coefficient (Wildman–Crippen LogP) is 6.06. The van der Waals surface area contributed by atoms with Gasteiger partial charge < -0.3 is 10.6 Å². The zero-order chi connectivity index (χ0) is 24.9. The largest absolute Gasteiger partial charge is 0.358 e. The van der Waals surface area contributed by atoms with E-state index >= 15 is 0 Å². The molecule has 0 saturated carbocycles. The molecule has 0 aliphatic rings. The van der Waals surface area contributed by atoms with E-state index < -0.39 is 0 Å². The maximum atomic E-state index is 14.1. The minimum Gasteiger partial charge on any atom is -0.358 e. The van der Waals surface area contributed by atoms with Crippen molar-refractivity contribution in [2.45, 2.75) is 13.1 Å². The zero-order valence-corrected chi connectivity index (χ0v) is 20.7. The summed E-state index contributed by atoms with van der Waals surface area (Å²) in [7, 11) is 0. The monoisotopic (exact) mass is 516 g/mol. The summed E-state index contributed by atoms with van der Waals surface area (Å²) in [5, 5.41) is 16.3. The van der Waals surface area contributed by atoms with Crippen molar-refractivity contribution in [3.63, 3.8) is 0 Å². The Kier molecular flexibility index (Phi) is 7.06. The molecule has 9 heteroatoms. The van der Waals surface area contributed by atoms with Gasteiger partial charge in [0.05, 0.1) is 17.9 Å². The van der Waals surface area contributed by atoms with Crippen LogP contribution in [0, 0.1) is 5.82 Å². The predicted molar refractivity (Wildman–Crippen MR) is 145 cm³/mol. The van der Waals surface area contributed by atoms with Gasteiger partial charge in [0.1, 0.15) is 5.82 Å². The number of para-hydroxylation sites is 1. The number of thiocarbonyl (C=S) groups is 1. The lowest BCUT2D eigenvalue weighted by Crippen LogP contribution is -2.28. The van der Waals surface area contributed by atoms with E-state index in [1.54, 1.807) is 29.1 Å². The van der Waals surface area contributed by atoms with Crippen LogP contribution in [-0.2, 0) is 13.1 Å². The van der Waals surface area contributed by atoms with Gasteiger partial charge in [-0.3, -0.25) is 4.68 Å². The highest BCUT2D eigenvalue weighted by Gasteiger charge is 2.13. The van der Waals surface area contributed by atoms with Crippen molar-refractivity contribution in [1.29, 1.82) is 0 Å². The number of benzene rings is 3. The van der Waals surface area contributed by atoms with Crippen LogP contribution in [0.15, 0.2) is 97.3 Å². The molecule has 0 aliphatic carbocycles. The summed E-state index contributed by atoms with van der Waals surface area (Å²) in [4.78, 5) is 0. The smallest absolute Gasteiger partial charge is 0.172 e. The van der Waals surface area contributed by atoms with Crippen LogP contribution >= 0.6 is 23.8 Å². The first-order chi connectivity index (χ1) is 17.6. The Labute approximate surface area is 218 Å². The Morgan fingerprint density at radius 1 is 0.917 bits per heavy atom. The number of hydrogen-bond donors (Lipinski definition) is 2. The fourth-order valence-electron chi connectivity index (χ4n) is 3.79. The van der Waals surface area contributed by atoms with E-state index in [-0.39, 0.29) is 12.4 Å². The minimum absolute atomic E-state index is 0.215. The molecule has 6 nitrogen and oxygen atoms in total. The normalized spacial score (nSPS) is 10.8. The van der Waals surface area contributed by atoms with Crippen LogP contribution in [0.25, 0.3) is 16.9 Å². The molecule has 5 aromatic rings. The van der Waals surface area contributed by atoms with E-state index in [4.69, 9.17) is 28.9 Å². The van der Waals surface area contributed by atoms with E-state index in [0.717, 1.165) is 22.5 Å². The summed E-state index contributed by atoms with van der Waals surface area (Å²) in [5.74, 6) is 0.179. The molecule has 0 atom stereocenters. The molecular weight excluding hydrogens is 495 g/mol. The number of hydrogen-bond acceptors (Lipinski definition) is 3. The number of halogens is 2. The lowest BCUT2D eigenvalue weighted by atomic mass is 10.1. The van der Waals surface area contributed by atoms with Gasteiger partial charge in [-0.2, -0.15) is 10.2 Å². The van der Waals surface area contributed by atoms with Crippen LogP contribution < -0.4 is 10.6 Å².